The minimum atomic E-state index is -0.399. The maximum Gasteiger partial charge on any atom is 0.254 e. The average Bonchev–Trinajstić information content (AvgIpc) is 2.85. The van der Waals surface area contributed by atoms with E-state index in [-0.39, 0.29) is 11.3 Å². The Morgan fingerprint density at radius 1 is 1.46 bits per heavy atom. The molecule has 24 heavy (non-hydrogen) atoms. The summed E-state index contributed by atoms with van der Waals surface area (Å²) in [5, 5.41) is 17.4. The van der Waals surface area contributed by atoms with E-state index in [1.165, 1.54) is 0 Å². The van der Waals surface area contributed by atoms with Crippen molar-refractivity contribution >= 4 is 17.5 Å². The van der Waals surface area contributed by atoms with Gasteiger partial charge in [0.05, 0.1) is 29.2 Å². The molecule has 0 aliphatic rings. The van der Waals surface area contributed by atoms with Gasteiger partial charge in [0.25, 0.3) is 5.91 Å². The maximum absolute atomic E-state index is 12.5. The SMILES string of the molecule is Cc1c(C(=O)NCC(C)(C)CC(C)O)cnn1-c1cccc(Cl)c1. The van der Waals surface area contributed by atoms with Crippen LogP contribution in [0.1, 0.15) is 43.2 Å². The number of halogens is 1. The van der Waals surface area contributed by atoms with Crippen molar-refractivity contribution in [1.29, 1.82) is 0 Å². The lowest BCUT2D eigenvalue weighted by Crippen LogP contribution is -2.35. The Hall–Kier alpha value is -1.85. The molecule has 0 saturated heterocycles. The number of amides is 1. The Morgan fingerprint density at radius 3 is 2.79 bits per heavy atom. The Bertz CT molecular complexity index is 723. The first kappa shape index (κ1) is 18.5. The lowest BCUT2D eigenvalue weighted by molar-refractivity contribution is 0.0901. The third kappa shape index (κ3) is 4.58. The molecule has 0 aliphatic carbocycles. The summed E-state index contributed by atoms with van der Waals surface area (Å²) in [4.78, 5) is 12.5. The standard InChI is InChI=1S/C18H24ClN3O2/c1-12(23)9-18(3,4)11-20-17(24)16-10-21-22(13(16)2)15-7-5-6-14(19)8-15/h5-8,10,12,23H,9,11H2,1-4H3,(H,20,24). The van der Waals surface area contributed by atoms with E-state index in [9.17, 15) is 9.90 Å². The second kappa shape index (κ2) is 7.36. The Labute approximate surface area is 147 Å². The number of rotatable bonds is 6. The topological polar surface area (TPSA) is 67.2 Å². The molecule has 2 aromatic rings. The van der Waals surface area contributed by atoms with E-state index in [1.54, 1.807) is 29.9 Å². The summed E-state index contributed by atoms with van der Waals surface area (Å²) in [6.07, 6.45) is 1.78. The highest BCUT2D eigenvalue weighted by Crippen LogP contribution is 2.22. The molecule has 1 heterocycles. The fourth-order valence-electron chi connectivity index (χ4n) is 2.79. The van der Waals surface area contributed by atoms with Crippen LogP contribution in [0.25, 0.3) is 5.69 Å². The van der Waals surface area contributed by atoms with Crippen LogP contribution in [0.15, 0.2) is 30.5 Å². The highest BCUT2D eigenvalue weighted by atomic mass is 35.5. The van der Waals surface area contributed by atoms with Gasteiger partial charge < -0.3 is 10.4 Å². The van der Waals surface area contributed by atoms with Crippen LogP contribution in [0.3, 0.4) is 0 Å². The van der Waals surface area contributed by atoms with Crippen molar-refractivity contribution in [2.75, 3.05) is 6.54 Å². The second-order valence-corrected chi connectivity index (χ2v) is 7.37. The fraction of sp³-hybridized carbons (Fsp3) is 0.444. The Kier molecular flexibility index (Phi) is 5.67. The molecule has 0 spiro atoms. The summed E-state index contributed by atoms with van der Waals surface area (Å²) < 4.78 is 1.70. The van der Waals surface area contributed by atoms with Crippen molar-refractivity contribution in [2.24, 2.45) is 5.41 Å². The molecular formula is C18H24ClN3O2. The third-order valence-electron chi connectivity index (χ3n) is 3.88. The first-order valence-corrected chi connectivity index (χ1v) is 8.34. The van der Waals surface area contributed by atoms with E-state index >= 15 is 0 Å². The maximum atomic E-state index is 12.5. The van der Waals surface area contributed by atoms with E-state index in [4.69, 9.17) is 11.6 Å². The van der Waals surface area contributed by atoms with Gasteiger partial charge in [-0.25, -0.2) is 4.68 Å². The van der Waals surface area contributed by atoms with Gasteiger partial charge in [-0.15, -0.1) is 0 Å². The van der Waals surface area contributed by atoms with Gasteiger partial charge in [-0.2, -0.15) is 5.10 Å². The number of nitrogens with one attached hydrogen (secondary N) is 1. The number of carbonyl (C=O) groups is 1. The summed E-state index contributed by atoms with van der Waals surface area (Å²) in [5.41, 5.74) is 1.92. The molecule has 6 heteroatoms. The van der Waals surface area contributed by atoms with Crippen LogP contribution < -0.4 is 5.32 Å². The highest BCUT2D eigenvalue weighted by Gasteiger charge is 2.22. The Balaban J connectivity index is 2.12. The normalized spacial score (nSPS) is 12.9. The van der Waals surface area contributed by atoms with Gasteiger partial charge >= 0.3 is 0 Å². The fourth-order valence-corrected chi connectivity index (χ4v) is 2.97. The second-order valence-electron chi connectivity index (χ2n) is 6.94. The van der Waals surface area contributed by atoms with Gasteiger partial charge in [-0.3, -0.25) is 4.79 Å². The van der Waals surface area contributed by atoms with E-state index in [2.05, 4.69) is 10.4 Å². The number of nitrogens with zero attached hydrogens (tertiary/aromatic N) is 2. The van der Waals surface area contributed by atoms with Gasteiger partial charge in [0.2, 0.25) is 0 Å². The van der Waals surface area contributed by atoms with Crippen LogP contribution in [0.2, 0.25) is 5.02 Å². The number of hydrogen-bond acceptors (Lipinski definition) is 3. The van der Waals surface area contributed by atoms with E-state index < -0.39 is 6.10 Å². The predicted molar refractivity (Wildman–Crippen MR) is 95.7 cm³/mol. The smallest absolute Gasteiger partial charge is 0.254 e. The average molecular weight is 350 g/mol. The van der Waals surface area contributed by atoms with Gasteiger partial charge in [0.1, 0.15) is 0 Å². The van der Waals surface area contributed by atoms with E-state index in [0.29, 0.717) is 23.6 Å². The lowest BCUT2D eigenvalue weighted by atomic mass is 9.87. The largest absolute Gasteiger partial charge is 0.393 e. The van der Waals surface area contributed by atoms with Crippen molar-refractivity contribution in [3.8, 4) is 5.69 Å². The van der Waals surface area contributed by atoms with Gasteiger partial charge in [-0.1, -0.05) is 31.5 Å². The van der Waals surface area contributed by atoms with Crippen molar-refractivity contribution in [3.63, 3.8) is 0 Å². The first-order chi connectivity index (χ1) is 11.2. The number of carbonyl (C=O) groups excluding carboxylic acids is 1. The molecule has 1 aromatic carbocycles. The van der Waals surface area contributed by atoms with Crippen LogP contribution >= 0.6 is 11.6 Å². The zero-order valence-electron chi connectivity index (χ0n) is 14.5. The zero-order valence-corrected chi connectivity index (χ0v) is 15.3. The summed E-state index contributed by atoms with van der Waals surface area (Å²) in [6.45, 7) is 8.12. The van der Waals surface area contributed by atoms with Crippen LogP contribution in [0.4, 0.5) is 0 Å². The summed E-state index contributed by atoms with van der Waals surface area (Å²) in [6, 6.07) is 7.33. The molecule has 0 radical (unpaired) electrons. The summed E-state index contributed by atoms with van der Waals surface area (Å²) in [5.74, 6) is -0.167. The van der Waals surface area contributed by atoms with E-state index in [1.807, 2.05) is 32.9 Å². The summed E-state index contributed by atoms with van der Waals surface area (Å²) >= 11 is 6.02. The number of aromatic nitrogens is 2. The molecule has 1 atom stereocenters. The number of benzene rings is 1. The monoisotopic (exact) mass is 349 g/mol. The van der Waals surface area contributed by atoms with Crippen molar-refractivity contribution in [1.82, 2.24) is 15.1 Å². The van der Waals surface area contributed by atoms with Crippen LogP contribution in [0.5, 0.6) is 0 Å². The minimum Gasteiger partial charge on any atom is -0.393 e. The quantitative estimate of drug-likeness (QED) is 0.840. The van der Waals surface area contributed by atoms with Gasteiger partial charge in [0.15, 0.2) is 0 Å². The van der Waals surface area contributed by atoms with Crippen molar-refractivity contribution in [3.05, 3.63) is 46.7 Å². The third-order valence-corrected chi connectivity index (χ3v) is 4.12. The van der Waals surface area contributed by atoms with Gasteiger partial charge in [0, 0.05) is 11.6 Å². The molecule has 2 N–H and O–H groups in total. The van der Waals surface area contributed by atoms with Crippen LogP contribution in [-0.4, -0.2) is 33.4 Å². The molecule has 0 fully saturated rings. The molecule has 130 valence electrons. The number of hydrogen-bond donors (Lipinski definition) is 2. The zero-order chi connectivity index (χ0) is 17.9. The molecule has 1 amide bonds. The molecule has 1 aromatic heterocycles. The van der Waals surface area contributed by atoms with Crippen molar-refractivity contribution < 1.29 is 9.90 Å². The molecule has 0 saturated carbocycles. The first-order valence-electron chi connectivity index (χ1n) is 7.96. The molecular weight excluding hydrogens is 326 g/mol. The highest BCUT2D eigenvalue weighted by molar-refractivity contribution is 6.30. The minimum absolute atomic E-state index is 0.167. The molecule has 5 nitrogen and oxygen atoms in total. The number of aliphatic hydroxyl groups excluding tert-OH is 1. The van der Waals surface area contributed by atoms with Crippen LogP contribution in [-0.2, 0) is 0 Å². The molecule has 0 bridgehead atoms. The lowest BCUT2D eigenvalue weighted by Gasteiger charge is -2.26. The van der Waals surface area contributed by atoms with Crippen LogP contribution in [0, 0.1) is 12.3 Å². The van der Waals surface area contributed by atoms with Crippen molar-refractivity contribution in [2.45, 2.75) is 40.2 Å². The number of aliphatic hydroxyl groups is 1. The Morgan fingerprint density at radius 2 is 2.17 bits per heavy atom. The molecule has 2 rings (SSSR count). The van der Waals surface area contributed by atoms with E-state index in [0.717, 1.165) is 11.4 Å². The predicted octanol–water partition coefficient (Wildman–Crippen LogP) is 3.36. The summed E-state index contributed by atoms with van der Waals surface area (Å²) in [7, 11) is 0. The van der Waals surface area contributed by atoms with Gasteiger partial charge in [-0.05, 0) is 43.9 Å². The molecule has 0 aliphatic heterocycles. The molecule has 1 unspecified atom stereocenters.